The summed E-state index contributed by atoms with van der Waals surface area (Å²) < 4.78 is 0. The third kappa shape index (κ3) is 2.16. The Hall–Kier alpha value is -1.94. The molecule has 23 heavy (non-hydrogen) atoms. The first-order valence-corrected chi connectivity index (χ1v) is 8.77. The standard InChI is InChI=1S/C19H22N4/c20-19(8-9-19)14-5-1-4-13(12-14)17-15-6-2-7-16(15)21-18(22-17)23-10-3-11-23/h1,4-5,12H,2-3,6-11,20H2. The molecule has 4 nitrogen and oxygen atoms in total. The Morgan fingerprint density at radius 2 is 1.91 bits per heavy atom. The summed E-state index contributed by atoms with van der Waals surface area (Å²) in [6.45, 7) is 2.17. The summed E-state index contributed by atoms with van der Waals surface area (Å²) in [5, 5.41) is 0. The molecule has 0 bridgehead atoms. The Morgan fingerprint density at radius 1 is 1.04 bits per heavy atom. The van der Waals surface area contributed by atoms with Crippen molar-refractivity contribution >= 4 is 5.95 Å². The van der Waals surface area contributed by atoms with Crippen molar-refractivity contribution in [3.05, 3.63) is 41.1 Å². The van der Waals surface area contributed by atoms with Crippen molar-refractivity contribution in [1.29, 1.82) is 0 Å². The van der Waals surface area contributed by atoms with E-state index in [2.05, 4.69) is 29.2 Å². The predicted octanol–water partition coefficient (Wildman–Crippen LogP) is 2.79. The Bertz CT molecular complexity index is 775. The molecule has 118 valence electrons. The minimum Gasteiger partial charge on any atom is -0.341 e. The Kier molecular flexibility index (Phi) is 2.80. The van der Waals surface area contributed by atoms with Crippen LogP contribution in [0.5, 0.6) is 0 Å². The molecule has 0 spiro atoms. The lowest BCUT2D eigenvalue weighted by Crippen LogP contribution is -2.38. The number of fused-ring (bicyclic) bond motifs is 1. The molecule has 1 saturated heterocycles. The molecule has 1 saturated carbocycles. The van der Waals surface area contributed by atoms with E-state index in [-0.39, 0.29) is 5.54 Å². The van der Waals surface area contributed by atoms with Crippen LogP contribution in [0.1, 0.15) is 42.5 Å². The van der Waals surface area contributed by atoms with Crippen LogP contribution in [-0.4, -0.2) is 23.1 Å². The van der Waals surface area contributed by atoms with Crippen LogP contribution in [0.15, 0.2) is 24.3 Å². The van der Waals surface area contributed by atoms with E-state index in [0.29, 0.717) is 0 Å². The molecule has 1 aromatic carbocycles. The summed E-state index contributed by atoms with van der Waals surface area (Å²) in [5.74, 6) is 0.922. The maximum Gasteiger partial charge on any atom is 0.226 e. The minimum absolute atomic E-state index is 0.0908. The van der Waals surface area contributed by atoms with Gasteiger partial charge in [0.1, 0.15) is 0 Å². The van der Waals surface area contributed by atoms with Crippen molar-refractivity contribution < 1.29 is 0 Å². The number of hydrogen-bond donors (Lipinski definition) is 1. The zero-order valence-electron chi connectivity index (χ0n) is 13.4. The molecular weight excluding hydrogens is 284 g/mol. The number of rotatable bonds is 3. The van der Waals surface area contributed by atoms with E-state index in [4.69, 9.17) is 15.7 Å². The van der Waals surface area contributed by atoms with E-state index in [1.54, 1.807) is 0 Å². The molecule has 0 atom stereocenters. The van der Waals surface area contributed by atoms with Gasteiger partial charge in [0.05, 0.1) is 5.69 Å². The van der Waals surface area contributed by atoms with E-state index < -0.39 is 0 Å². The fourth-order valence-corrected chi connectivity index (χ4v) is 3.72. The molecule has 2 aliphatic carbocycles. The number of nitrogens with two attached hydrogens (primary N) is 1. The van der Waals surface area contributed by atoms with Gasteiger partial charge in [-0.05, 0) is 50.2 Å². The Labute approximate surface area is 136 Å². The number of hydrogen-bond acceptors (Lipinski definition) is 4. The second-order valence-corrected chi connectivity index (χ2v) is 7.23. The summed E-state index contributed by atoms with van der Waals surface area (Å²) in [6, 6.07) is 8.72. The molecule has 4 heteroatoms. The van der Waals surface area contributed by atoms with Crippen LogP contribution in [0, 0.1) is 0 Å². The molecule has 0 unspecified atom stereocenters. The monoisotopic (exact) mass is 306 g/mol. The predicted molar refractivity (Wildman–Crippen MR) is 91.4 cm³/mol. The van der Waals surface area contributed by atoms with Crippen molar-refractivity contribution in [3.8, 4) is 11.3 Å². The van der Waals surface area contributed by atoms with Gasteiger partial charge in [-0.2, -0.15) is 0 Å². The normalized spacial score (nSPS) is 21.0. The molecule has 2 N–H and O–H groups in total. The van der Waals surface area contributed by atoms with E-state index in [1.807, 2.05) is 0 Å². The van der Waals surface area contributed by atoms with Crippen molar-refractivity contribution in [2.75, 3.05) is 18.0 Å². The second-order valence-electron chi connectivity index (χ2n) is 7.23. The average molecular weight is 306 g/mol. The Morgan fingerprint density at radius 3 is 2.65 bits per heavy atom. The van der Waals surface area contributed by atoms with Gasteiger partial charge in [0.15, 0.2) is 0 Å². The van der Waals surface area contributed by atoms with Gasteiger partial charge >= 0.3 is 0 Å². The van der Waals surface area contributed by atoms with Crippen LogP contribution in [-0.2, 0) is 18.4 Å². The quantitative estimate of drug-likeness (QED) is 0.947. The SMILES string of the molecule is NC1(c2cccc(-c3nc(N4CCC4)nc4c3CCC4)c2)CC1. The van der Waals surface area contributed by atoms with Crippen LogP contribution >= 0.6 is 0 Å². The van der Waals surface area contributed by atoms with Gasteiger partial charge in [0.2, 0.25) is 5.95 Å². The summed E-state index contributed by atoms with van der Waals surface area (Å²) >= 11 is 0. The van der Waals surface area contributed by atoms with Crippen molar-refractivity contribution in [3.63, 3.8) is 0 Å². The first kappa shape index (κ1) is 13.5. The highest BCUT2D eigenvalue weighted by molar-refractivity contribution is 5.67. The van der Waals surface area contributed by atoms with E-state index in [1.165, 1.54) is 35.2 Å². The van der Waals surface area contributed by atoms with Gasteiger partial charge in [-0.1, -0.05) is 18.2 Å². The first-order chi connectivity index (χ1) is 11.2. The average Bonchev–Trinajstić information content (AvgIpc) is 3.09. The fourth-order valence-electron chi connectivity index (χ4n) is 3.72. The van der Waals surface area contributed by atoms with Gasteiger partial charge in [-0.15, -0.1) is 0 Å². The molecule has 2 fully saturated rings. The fraction of sp³-hybridized carbons (Fsp3) is 0.474. The van der Waals surface area contributed by atoms with Crippen LogP contribution in [0.2, 0.25) is 0 Å². The number of aryl methyl sites for hydroxylation is 1. The molecule has 2 aromatic rings. The maximum atomic E-state index is 6.40. The summed E-state index contributed by atoms with van der Waals surface area (Å²) in [7, 11) is 0. The lowest BCUT2D eigenvalue weighted by molar-refractivity contribution is 0.599. The van der Waals surface area contributed by atoms with Crippen LogP contribution in [0.3, 0.4) is 0 Å². The Balaban J connectivity index is 1.63. The zero-order chi connectivity index (χ0) is 15.4. The van der Waals surface area contributed by atoms with Crippen LogP contribution in [0.4, 0.5) is 5.95 Å². The number of anilines is 1. The lowest BCUT2D eigenvalue weighted by atomic mass is 9.99. The molecule has 0 radical (unpaired) electrons. The molecule has 2 heterocycles. The highest BCUT2D eigenvalue weighted by Crippen LogP contribution is 2.44. The van der Waals surface area contributed by atoms with Gasteiger partial charge in [0, 0.05) is 35.4 Å². The molecule has 1 aromatic heterocycles. The van der Waals surface area contributed by atoms with Crippen LogP contribution in [0.25, 0.3) is 11.3 Å². The maximum absolute atomic E-state index is 6.40. The minimum atomic E-state index is -0.0908. The third-order valence-electron chi connectivity index (χ3n) is 5.56. The van der Waals surface area contributed by atoms with Crippen molar-refractivity contribution in [2.24, 2.45) is 5.73 Å². The van der Waals surface area contributed by atoms with Crippen LogP contribution < -0.4 is 10.6 Å². The summed E-state index contributed by atoms with van der Waals surface area (Å²) in [5.41, 5.74) is 12.5. The highest BCUT2D eigenvalue weighted by atomic mass is 15.3. The lowest BCUT2D eigenvalue weighted by Gasteiger charge is -2.31. The summed E-state index contributed by atoms with van der Waals surface area (Å²) in [4.78, 5) is 12.1. The number of nitrogens with zero attached hydrogens (tertiary/aromatic N) is 3. The van der Waals surface area contributed by atoms with Gasteiger partial charge in [-0.3, -0.25) is 0 Å². The van der Waals surface area contributed by atoms with Gasteiger partial charge < -0.3 is 10.6 Å². The molecule has 0 amide bonds. The smallest absolute Gasteiger partial charge is 0.226 e. The molecular formula is C19H22N4. The van der Waals surface area contributed by atoms with Crippen molar-refractivity contribution in [1.82, 2.24) is 9.97 Å². The third-order valence-corrected chi connectivity index (χ3v) is 5.56. The topological polar surface area (TPSA) is 55.0 Å². The molecule has 1 aliphatic heterocycles. The van der Waals surface area contributed by atoms with Crippen molar-refractivity contribution in [2.45, 2.75) is 44.1 Å². The number of benzene rings is 1. The van der Waals surface area contributed by atoms with E-state index in [9.17, 15) is 0 Å². The van der Waals surface area contributed by atoms with E-state index >= 15 is 0 Å². The molecule has 5 rings (SSSR count). The highest BCUT2D eigenvalue weighted by Gasteiger charge is 2.40. The molecule has 3 aliphatic rings. The van der Waals surface area contributed by atoms with Gasteiger partial charge in [-0.25, -0.2) is 9.97 Å². The summed E-state index contributed by atoms with van der Waals surface area (Å²) in [6.07, 6.45) is 6.83. The largest absolute Gasteiger partial charge is 0.341 e. The zero-order valence-corrected chi connectivity index (χ0v) is 13.4. The second kappa shape index (κ2) is 4.78. The number of aromatic nitrogens is 2. The first-order valence-electron chi connectivity index (χ1n) is 8.77. The van der Waals surface area contributed by atoms with E-state index in [0.717, 1.165) is 50.4 Å². The van der Waals surface area contributed by atoms with Gasteiger partial charge in [0.25, 0.3) is 0 Å².